The third-order valence-electron chi connectivity index (χ3n) is 4.22. The Kier molecular flexibility index (Phi) is 5.77. The van der Waals surface area contributed by atoms with Gasteiger partial charge in [-0.15, -0.1) is 0 Å². The smallest absolute Gasteiger partial charge is 0.253 e. The van der Waals surface area contributed by atoms with Gasteiger partial charge >= 0.3 is 0 Å². The number of nitrogens with zero attached hydrogens (tertiary/aromatic N) is 1. The van der Waals surface area contributed by atoms with Crippen LogP contribution in [0, 0.1) is 5.92 Å². The lowest BCUT2D eigenvalue weighted by atomic mass is 9.86. The van der Waals surface area contributed by atoms with Crippen molar-refractivity contribution in [1.82, 2.24) is 10.2 Å². The molecule has 0 saturated heterocycles. The monoisotopic (exact) mass is 319 g/mol. The van der Waals surface area contributed by atoms with Crippen LogP contribution in [0.15, 0.2) is 24.3 Å². The van der Waals surface area contributed by atoms with Crippen LogP contribution in [0.2, 0.25) is 0 Å². The number of hydrogen-bond acceptors (Lipinski definition) is 2. The van der Waals surface area contributed by atoms with Crippen LogP contribution < -0.4 is 10.6 Å². The summed E-state index contributed by atoms with van der Waals surface area (Å²) in [6.07, 6.45) is 5.04. The Hall–Kier alpha value is -1.62. The Balaban J connectivity index is 1.90. The van der Waals surface area contributed by atoms with Crippen LogP contribution in [0.25, 0.3) is 0 Å². The second-order valence-corrected chi connectivity index (χ2v) is 6.65. The van der Waals surface area contributed by atoms with Gasteiger partial charge in [0.2, 0.25) is 0 Å². The zero-order valence-electron chi connectivity index (χ0n) is 13.6. The summed E-state index contributed by atoms with van der Waals surface area (Å²) in [7, 11) is 3.50. The molecule has 5 heteroatoms. The molecule has 1 aromatic rings. The van der Waals surface area contributed by atoms with E-state index < -0.39 is 0 Å². The summed E-state index contributed by atoms with van der Waals surface area (Å²) in [6.45, 7) is 2.28. The van der Waals surface area contributed by atoms with E-state index in [1.165, 1.54) is 25.7 Å². The fraction of sp³-hybridized carbons (Fsp3) is 0.529. The average molecular weight is 319 g/mol. The molecule has 2 atom stereocenters. The Labute approximate surface area is 138 Å². The van der Waals surface area contributed by atoms with E-state index in [4.69, 9.17) is 12.2 Å². The topological polar surface area (TPSA) is 44.4 Å². The SMILES string of the molecule is C[C@@H]1CCCC[C@@H]1NC(=S)Nc1ccc(C(=O)N(C)C)cc1. The summed E-state index contributed by atoms with van der Waals surface area (Å²) in [5.41, 5.74) is 1.58. The highest BCUT2D eigenvalue weighted by atomic mass is 32.1. The molecule has 1 aliphatic rings. The first-order valence-electron chi connectivity index (χ1n) is 7.86. The predicted molar refractivity (Wildman–Crippen MR) is 95.2 cm³/mol. The molecular formula is C17H25N3OS. The maximum absolute atomic E-state index is 11.8. The van der Waals surface area contributed by atoms with E-state index in [1.54, 1.807) is 19.0 Å². The Morgan fingerprint density at radius 1 is 1.18 bits per heavy atom. The molecule has 1 amide bonds. The second kappa shape index (κ2) is 7.58. The molecule has 0 aromatic heterocycles. The predicted octanol–water partition coefficient (Wildman–Crippen LogP) is 3.25. The highest BCUT2D eigenvalue weighted by Gasteiger charge is 2.21. The van der Waals surface area contributed by atoms with Gasteiger partial charge in [-0.2, -0.15) is 0 Å². The van der Waals surface area contributed by atoms with Crippen LogP contribution in [0.1, 0.15) is 43.0 Å². The zero-order valence-corrected chi connectivity index (χ0v) is 14.4. The molecule has 0 unspecified atom stereocenters. The highest BCUT2D eigenvalue weighted by molar-refractivity contribution is 7.80. The summed E-state index contributed by atoms with van der Waals surface area (Å²) in [4.78, 5) is 13.4. The normalized spacial score (nSPS) is 21.0. The van der Waals surface area contributed by atoms with E-state index in [9.17, 15) is 4.79 Å². The molecule has 120 valence electrons. The van der Waals surface area contributed by atoms with Crippen molar-refractivity contribution in [3.05, 3.63) is 29.8 Å². The fourth-order valence-corrected chi connectivity index (χ4v) is 3.09. The van der Waals surface area contributed by atoms with Crippen molar-refractivity contribution in [2.75, 3.05) is 19.4 Å². The number of anilines is 1. The number of benzene rings is 1. The van der Waals surface area contributed by atoms with Crippen LogP contribution >= 0.6 is 12.2 Å². The summed E-state index contributed by atoms with van der Waals surface area (Å²) < 4.78 is 0. The van der Waals surface area contributed by atoms with Gasteiger partial charge in [0.15, 0.2) is 5.11 Å². The Bertz CT molecular complexity index is 527. The van der Waals surface area contributed by atoms with Crippen molar-refractivity contribution in [1.29, 1.82) is 0 Å². The van der Waals surface area contributed by atoms with Gasteiger partial charge in [0.1, 0.15) is 0 Å². The molecule has 0 radical (unpaired) electrons. The molecule has 4 nitrogen and oxygen atoms in total. The van der Waals surface area contributed by atoms with Crippen LogP contribution in [0.3, 0.4) is 0 Å². The number of carbonyl (C=O) groups excluding carboxylic acids is 1. The number of amides is 1. The van der Waals surface area contributed by atoms with Crippen LogP contribution in [-0.2, 0) is 0 Å². The van der Waals surface area contributed by atoms with Crippen molar-refractivity contribution in [2.24, 2.45) is 5.92 Å². The van der Waals surface area contributed by atoms with Crippen molar-refractivity contribution in [3.8, 4) is 0 Å². The maximum atomic E-state index is 11.8. The summed E-state index contributed by atoms with van der Waals surface area (Å²) in [5.74, 6) is 0.664. The van der Waals surface area contributed by atoms with Gasteiger partial charge < -0.3 is 15.5 Å². The minimum atomic E-state index is 0.00304. The number of thiocarbonyl (C=S) groups is 1. The third kappa shape index (κ3) is 4.44. The number of rotatable bonds is 3. The molecule has 0 aliphatic heterocycles. The number of hydrogen-bond donors (Lipinski definition) is 2. The lowest BCUT2D eigenvalue weighted by molar-refractivity contribution is 0.0827. The molecule has 0 spiro atoms. The summed E-state index contributed by atoms with van der Waals surface area (Å²) in [6, 6.07) is 7.86. The second-order valence-electron chi connectivity index (χ2n) is 6.24. The van der Waals surface area contributed by atoms with Gasteiger partial charge in [0.25, 0.3) is 5.91 Å². The van der Waals surface area contributed by atoms with Crippen molar-refractivity contribution < 1.29 is 4.79 Å². The lowest BCUT2D eigenvalue weighted by Crippen LogP contribution is -2.43. The van der Waals surface area contributed by atoms with E-state index in [-0.39, 0.29) is 5.91 Å². The molecule has 0 heterocycles. The van der Waals surface area contributed by atoms with Crippen LogP contribution in [0.5, 0.6) is 0 Å². The van der Waals surface area contributed by atoms with Crippen LogP contribution in [-0.4, -0.2) is 36.1 Å². The van der Waals surface area contributed by atoms with Gasteiger partial charge in [0, 0.05) is 31.4 Å². The van der Waals surface area contributed by atoms with Gasteiger partial charge in [-0.3, -0.25) is 4.79 Å². The minimum Gasteiger partial charge on any atom is -0.359 e. The van der Waals surface area contributed by atoms with E-state index in [2.05, 4.69) is 17.6 Å². The third-order valence-corrected chi connectivity index (χ3v) is 4.44. The van der Waals surface area contributed by atoms with Gasteiger partial charge in [-0.05, 0) is 55.2 Å². The van der Waals surface area contributed by atoms with E-state index in [0.717, 1.165) is 5.69 Å². The first-order valence-corrected chi connectivity index (χ1v) is 8.27. The largest absolute Gasteiger partial charge is 0.359 e. The average Bonchev–Trinajstić information content (AvgIpc) is 2.49. The molecule has 1 saturated carbocycles. The van der Waals surface area contributed by atoms with Gasteiger partial charge in [0.05, 0.1) is 0 Å². The van der Waals surface area contributed by atoms with E-state index in [1.807, 2.05) is 24.3 Å². The standard InChI is InChI=1S/C17H25N3OS/c1-12-6-4-5-7-15(12)19-17(22)18-14-10-8-13(9-11-14)16(21)20(2)3/h8-12,15H,4-7H2,1-3H3,(H2,18,19,22)/t12-,15+/m1/s1. The Morgan fingerprint density at radius 2 is 1.82 bits per heavy atom. The maximum Gasteiger partial charge on any atom is 0.253 e. The van der Waals surface area contributed by atoms with Crippen molar-refractivity contribution in [2.45, 2.75) is 38.6 Å². The number of carbonyl (C=O) groups is 1. The minimum absolute atomic E-state index is 0.00304. The fourth-order valence-electron chi connectivity index (χ4n) is 2.82. The van der Waals surface area contributed by atoms with E-state index >= 15 is 0 Å². The molecule has 1 fully saturated rings. The molecule has 1 aromatic carbocycles. The van der Waals surface area contributed by atoms with Crippen molar-refractivity contribution >= 4 is 28.9 Å². The van der Waals surface area contributed by atoms with E-state index in [0.29, 0.717) is 22.6 Å². The molecule has 0 bridgehead atoms. The summed E-state index contributed by atoms with van der Waals surface area (Å²) >= 11 is 5.40. The van der Waals surface area contributed by atoms with Crippen LogP contribution in [0.4, 0.5) is 5.69 Å². The first kappa shape index (κ1) is 16.7. The lowest BCUT2D eigenvalue weighted by Gasteiger charge is -2.30. The first-order chi connectivity index (χ1) is 10.5. The molecule has 22 heavy (non-hydrogen) atoms. The van der Waals surface area contributed by atoms with Gasteiger partial charge in [-0.25, -0.2) is 0 Å². The molecule has 1 aliphatic carbocycles. The molecule has 2 rings (SSSR count). The molecular weight excluding hydrogens is 294 g/mol. The van der Waals surface area contributed by atoms with Gasteiger partial charge in [-0.1, -0.05) is 19.8 Å². The number of nitrogens with one attached hydrogen (secondary N) is 2. The Morgan fingerprint density at radius 3 is 2.41 bits per heavy atom. The quantitative estimate of drug-likeness (QED) is 0.840. The molecule has 2 N–H and O–H groups in total. The van der Waals surface area contributed by atoms with Crippen molar-refractivity contribution in [3.63, 3.8) is 0 Å². The highest BCUT2D eigenvalue weighted by Crippen LogP contribution is 2.23. The zero-order chi connectivity index (χ0) is 16.1. The summed E-state index contributed by atoms with van der Waals surface area (Å²) in [5, 5.41) is 7.28.